The van der Waals surface area contributed by atoms with E-state index in [1.807, 2.05) is 0 Å². The number of nitrogens with two attached hydrogens (primary N) is 1. The zero-order valence-electron chi connectivity index (χ0n) is 13.2. The van der Waals surface area contributed by atoms with Gasteiger partial charge in [0.25, 0.3) is 0 Å². The van der Waals surface area contributed by atoms with Crippen molar-refractivity contribution < 1.29 is 0 Å². The molecule has 3 heteroatoms. The highest BCUT2D eigenvalue weighted by molar-refractivity contribution is 5.41. The molecule has 3 fully saturated rings. The van der Waals surface area contributed by atoms with Crippen molar-refractivity contribution in [2.75, 3.05) is 5.73 Å². The van der Waals surface area contributed by atoms with Crippen LogP contribution in [0.15, 0.2) is 0 Å². The Hall–Kier alpha value is -0.990. The largest absolute Gasteiger partial charge is 0.384 e. The first-order valence-corrected chi connectivity index (χ1v) is 9.19. The zero-order valence-corrected chi connectivity index (χ0v) is 13.2. The van der Waals surface area contributed by atoms with Gasteiger partial charge in [-0.2, -0.15) is 0 Å². The number of nitrogens with zero attached hydrogens (tertiary/aromatic N) is 2. The lowest BCUT2D eigenvalue weighted by molar-refractivity contribution is 0.355. The number of anilines is 1. The van der Waals surface area contributed by atoms with E-state index >= 15 is 0 Å². The molecule has 0 amide bonds. The monoisotopic (exact) mass is 287 g/mol. The molecule has 21 heavy (non-hydrogen) atoms. The van der Waals surface area contributed by atoms with E-state index in [0.29, 0.717) is 12.0 Å². The molecule has 1 aromatic heterocycles. The number of hydrogen-bond donors (Lipinski definition) is 1. The minimum absolute atomic E-state index is 0.674. The van der Waals surface area contributed by atoms with Crippen molar-refractivity contribution in [1.29, 1.82) is 0 Å². The van der Waals surface area contributed by atoms with Crippen LogP contribution in [0.2, 0.25) is 0 Å². The Kier molecular flexibility index (Phi) is 3.68. The van der Waals surface area contributed by atoms with Crippen LogP contribution in [0, 0.1) is 5.92 Å². The first-order chi connectivity index (χ1) is 10.3. The standard InChI is InChI=1S/C18H29N3/c19-17-16(12-13-6-2-1-3-7-13)20-18(14-8-4-5-9-14)21(17)15-10-11-15/h13-15H,1-12,19H2. The maximum atomic E-state index is 6.53. The molecule has 2 N–H and O–H groups in total. The maximum absolute atomic E-state index is 6.53. The third-order valence-corrected chi connectivity index (χ3v) is 5.89. The molecule has 3 nitrogen and oxygen atoms in total. The van der Waals surface area contributed by atoms with Gasteiger partial charge in [0.1, 0.15) is 11.6 Å². The van der Waals surface area contributed by atoms with Crippen molar-refractivity contribution in [2.45, 2.75) is 89.0 Å². The highest BCUT2D eigenvalue weighted by Crippen LogP contribution is 2.44. The van der Waals surface area contributed by atoms with Gasteiger partial charge in [-0.1, -0.05) is 44.9 Å². The topological polar surface area (TPSA) is 43.8 Å². The van der Waals surface area contributed by atoms with E-state index in [1.165, 1.54) is 82.1 Å². The van der Waals surface area contributed by atoms with E-state index in [4.69, 9.17) is 10.7 Å². The molecule has 0 bridgehead atoms. The summed E-state index contributed by atoms with van der Waals surface area (Å²) in [6, 6.07) is 0.674. The van der Waals surface area contributed by atoms with Gasteiger partial charge in [-0.3, -0.25) is 0 Å². The summed E-state index contributed by atoms with van der Waals surface area (Å²) in [6.07, 6.45) is 16.2. The average molecular weight is 287 g/mol. The number of rotatable bonds is 4. The molecule has 0 atom stereocenters. The van der Waals surface area contributed by atoms with E-state index in [-0.39, 0.29) is 0 Å². The van der Waals surface area contributed by atoms with Crippen molar-refractivity contribution >= 4 is 5.82 Å². The van der Waals surface area contributed by atoms with Crippen LogP contribution in [-0.2, 0) is 6.42 Å². The van der Waals surface area contributed by atoms with Crippen molar-refractivity contribution in [3.63, 3.8) is 0 Å². The molecule has 0 spiro atoms. The Morgan fingerprint density at radius 2 is 1.57 bits per heavy atom. The summed E-state index contributed by atoms with van der Waals surface area (Å²) >= 11 is 0. The molecular weight excluding hydrogens is 258 g/mol. The molecule has 116 valence electrons. The predicted molar refractivity (Wildman–Crippen MR) is 86.4 cm³/mol. The fourth-order valence-electron chi connectivity index (χ4n) is 4.52. The maximum Gasteiger partial charge on any atom is 0.127 e. The first kappa shape index (κ1) is 13.7. The molecule has 3 aliphatic rings. The smallest absolute Gasteiger partial charge is 0.127 e. The second kappa shape index (κ2) is 5.66. The van der Waals surface area contributed by atoms with E-state index in [9.17, 15) is 0 Å². The lowest BCUT2D eigenvalue weighted by atomic mass is 9.86. The van der Waals surface area contributed by atoms with Crippen molar-refractivity contribution in [3.8, 4) is 0 Å². The molecule has 0 aliphatic heterocycles. The number of imidazole rings is 1. The third-order valence-electron chi connectivity index (χ3n) is 5.89. The van der Waals surface area contributed by atoms with Gasteiger partial charge < -0.3 is 10.3 Å². The van der Waals surface area contributed by atoms with Crippen molar-refractivity contribution in [3.05, 3.63) is 11.5 Å². The first-order valence-electron chi connectivity index (χ1n) is 9.19. The summed E-state index contributed by atoms with van der Waals surface area (Å²) in [6.45, 7) is 0. The molecule has 0 saturated heterocycles. The molecule has 1 aromatic rings. The van der Waals surface area contributed by atoms with Gasteiger partial charge in [-0.05, 0) is 38.0 Å². The molecule has 4 rings (SSSR count). The highest BCUT2D eigenvalue weighted by Gasteiger charge is 2.33. The van der Waals surface area contributed by atoms with Crippen LogP contribution in [0.4, 0.5) is 5.82 Å². The number of hydrogen-bond acceptors (Lipinski definition) is 2. The lowest BCUT2D eigenvalue weighted by Crippen LogP contribution is -2.11. The van der Waals surface area contributed by atoms with Gasteiger partial charge in [0.15, 0.2) is 0 Å². The van der Waals surface area contributed by atoms with Crippen LogP contribution >= 0.6 is 0 Å². The van der Waals surface area contributed by atoms with Crippen molar-refractivity contribution in [1.82, 2.24) is 9.55 Å². The Morgan fingerprint density at radius 3 is 2.24 bits per heavy atom. The second-order valence-electron chi connectivity index (χ2n) is 7.59. The van der Waals surface area contributed by atoms with Gasteiger partial charge >= 0.3 is 0 Å². The predicted octanol–water partition coefficient (Wildman–Crippen LogP) is 4.58. The van der Waals surface area contributed by atoms with Crippen LogP contribution in [0.3, 0.4) is 0 Å². The van der Waals surface area contributed by atoms with Gasteiger partial charge in [0, 0.05) is 12.0 Å². The average Bonchev–Trinajstić information content (AvgIpc) is 3.09. The van der Waals surface area contributed by atoms with Crippen molar-refractivity contribution in [2.24, 2.45) is 5.92 Å². The number of aromatic nitrogens is 2. The van der Waals surface area contributed by atoms with E-state index in [1.54, 1.807) is 0 Å². The van der Waals surface area contributed by atoms with Crippen LogP contribution in [0.5, 0.6) is 0 Å². The number of nitrogen functional groups attached to an aromatic ring is 1. The van der Waals surface area contributed by atoms with Crippen LogP contribution in [0.1, 0.15) is 94.1 Å². The Morgan fingerprint density at radius 1 is 0.905 bits per heavy atom. The van der Waals surface area contributed by atoms with E-state index in [0.717, 1.165) is 18.2 Å². The summed E-state index contributed by atoms with van der Waals surface area (Å²) in [7, 11) is 0. The van der Waals surface area contributed by atoms with Gasteiger partial charge in [-0.15, -0.1) is 0 Å². The Balaban J connectivity index is 1.59. The molecule has 3 aliphatic carbocycles. The molecule has 0 aromatic carbocycles. The summed E-state index contributed by atoms with van der Waals surface area (Å²) in [4.78, 5) is 5.09. The molecular formula is C18H29N3. The van der Waals surface area contributed by atoms with E-state index in [2.05, 4.69) is 4.57 Å². The quantitative estimate of drug-likeness (QED) is 0.880. The van der Waals surface area contributed by atoms with Crippen LogP contribution < -0.4 is 5.73 Å². The fraction of sp³-hybridized carbons (Fsp3) is 0.833. The molecule has 0 unspecified atom stereocenters. The summed E-state index contributed by atoms with van der Waals surface area (Å²) in [5.74, 6) is 3.89. The minimum Gasteiger partial charge on any atom is -0.384 e. The summed E-state index contributed by atoms with van der Waals surface area (Å²) in [5, 5.41) is 0. The highest BCUT2D eigenvalue weighted by atomic mass is 15.2. The van der Waals surface area contributed by atoms with E-state index < -0.39 is 0 Å². The minimum atomic E-state index is 0.674. The summed E-state index contributed by atoms with van der Waals surface area (Å²) < 4.78 is 2.44. The van der Waals surface area contributed by atoms with Gasteiger partial charge in [0.2, 0.25) is 0 Å². The lowest BCUT2D eigenvalue weighted by Gasteiger charge is -2.20. The molecule has 1 heterocycles. The van der Waals surface area contributed by atoms with Gasteiger partial charge in [-0.25, -0.2) is 4.98 Å². The van der Waals surface area contributed by atoms with Crippen LogP contribution in [0.25, 0.3) is 0 Å². The molecule has 3 saturated carbocycles. The van der Waals surface area contributed by atoms with Crippen LogP contribution in [-0.4, -0.2) is 9.55 Å². The zero-order chi connectivity index (χ0) is 14.2. The molecule has 0 radical (unpaired) electrons. The second-order valence-corrected chi connectivity index (χ2v) is 7.59. The summed E-state index contributed by atoms with van der Waals surface area (Å²) in [5.41, 5.74) is 7.76. The SMILES string of the molecule is Nc1c(CC2CCCCC2)nc(C2CCCC2)n1C1CC1. The fourth-order valence-corrected chi connectivity index (χ4v) is 4.52. The third kappa shape index (κ3) is 2.72. The van der Waals surface area contributed by atoms with Gasteiger partial charge in [0.05, 0.1) is 5.69 Å². The Bertz CT molecular complexity index is 489. The normalized spacial score (nSPS) is 24.8. The Labute approximate surface area is 128 Å².